The maximum atomic E-state index is 12.6. The number of carbonyl (C=O) groups excluding carboxylic acids is 1. The smallest absolute Gasteiger partial charge is 0.336 e. The molecule has 0 spiro atoms. The minimum atomic E-state index is -0.352. The van der Waals surface area contributed by atoms with Crippen molar-refractivity contribution < 1.29 is 9.21 Å². The van der Waals surface area contributed by atoms with Crippen LogP contribution in [0.25, 0.3) is 11.0 Å². The van der Waals surface area contributed by atoms with Crippen LogP contribution < -0.4 is 10.9 Å². The summed E-state index contributed by atoms with van der Waals surface area (Å²) in [5, 5.41) is 3.89. The molecule has 1 aliphatic rings. The number of piperidine rings is 1. The average molecular weight is 314 g/mol. The van der Waals surface area contributed by atoms with Crippen molar-refractivity contribution in [1.29, 1.82) is 0 Å². The molecule has 1 unspecified atom stereocenters. The maximum Gasteiger partial charge on any atom is 0.336 e. The summed E-state index contributed by atoms with van der Waals surface area (Å²) in [6, 6.07) is 5.10. The topological polar surface area (TPSA) is 62.6 Å². The van der Waals surface area contributed by atoms with Gasteiger partial charge < -0.3 is 9.73 Å². The predicted molar refractivity (Wildman–Crippen MR) is 90.9 cm³/mol. The molecule has 1 fully saturated rings. The Morgan fingerprint density at radius 2 is 2.00 bits per heavy atom. The van der Waals surface area contributed by atoms with E-state index < -0.39 is 0 Å². The summed E-state index contributed by atoms with van der Waals surface area (Å²) in [7, 11) is 2.00. The largest absolute Gasteiger partial charge is 0.423 e. The number of likely N-dealkylation sites (tertiary alicyclic amines) is 1. The van der Waals surface area contributed by atoms with E-state index in [0.29, 0.717) is 5.58 Å². The van der Waals surface area contributed by atoms with E-state index in [2.05, 4.69) is 10.2 Å². The summed E-state index contributed by atoms with van der Waals surface area (Å²) >= 11 is 0. The van der Waals surface area contributed by atoms with Gasteiger partial charge in [0.05, 0.1) is 6.04 Å². The highest BCUT2D eigenvalue weighted by molar-refractivity contribution is 5.98. The quantitative estimate of drug-likeness (QED) is 0.866. The summed E-state index contributed by atoms with van der Waals surface area (Å²) in [6.45, 7) is 4.73. The van der Waals surface area contributed by atoms with Gasteiger partial charge in [0.1, 0.15) is 5.58 Å². The van der Waals surface area contributed by atoms with E-state index in [1.54, 1.807) is 0 Å². The summed E-state index contributed by atoms with van der Waals surface area (Å²) in [6.07, 6.45) is 3.12. The average Bonchev–Trinajstić information content (AvgIpc) is 2.49. The number of nitrogens with zero attached hydrogens (tertiary/aromatic N) is 1. The minimum Gasteiger partial charge on any atom is -0.423 e. The Balaban J connectivity index is 1.92. The first-order valence-electron chi connectivity index (χ1n) is 8.02. The Bertz CT molecular complexity index is 810. The molecule has 0 radical (unpaired) electrons. The second-order valence-electron chi connectivity index (χ2n) is 6.39. The van der Waals surface area contributed by atoms with E-state index in [-0.39, 0.29) is 17.6 Å². The SMILES string of the molecule is Cc1cc2oc(=O)cc(C)c2cc1NC(=O)C1CCCCN1C. The standard InChI is InChI=1S/C18H22N2O3/c1-11-9-17(21)23-16-8-12(2)14(10-13(11)16)19-18(22)15-6-4-5-7-20(15)3/h8-10,15H,4-7H2,1-3H3,(H,19,22). The van der Waals surface area contributed by atoms with Crippen molar-refractivity contribution in [2.24, 2.45) is 0 Å². The van der Waals surface area contributed by atoms with E-state index in [4.69, 9.17) is 4.42 Å². The molecule has 2 aromatic rings. The van der Waals surface area contributed by atoms with Crippen LogP contribution in [0.3, 0.4) is 0 Å². The molecule has 122 valence electrons. The number of benzene rings is 1. The summed E-state index contributed by atoms with van der Waals surface area (Å²) < 4.78 is 5.24. The van der Waals surface area contributed by atoms with Crippen LogP contribution in [0.1, 0.15) is 30.4 Å². The van der Waals surface area contributed by atoms with Crippen molar-refractivity contribution in [3.8, 4) is 0 Å². The lowest BCUT2D eigenvalue weighted by Gasteiger charge is -2.31. The first kappa shape index (κ1) is 15.7. The number of fused-ring (bicyclic) bond motifs is 1. The molecule has 1 atom stereocenters. The van der Waals surface area contributed by atoms with Gasteiger partial charge >= 0.3 is 5.63 Å². The Hall–Kier alpha value is -2.14. The van der Waals surface area contributed by atoms with Gasteiger partial charge in [0, 0.05) is 17.1 Å². The lowest BCUT2D eigenvalue weighted by Crippen LogP contribution is -2.44. The fourth-order valence-electron chi connectivity index (χ4n) is 3.22. The zero-order valence-electron chi connectivity index (χ0n) is 13.8. The highest BCUT2D eigenvalue weighted by atomic mass is 16.4. The van der Waals surface area contributed by atoms with Gasteiger partial charge in [-0.3, -0.25) is 9.69 Å². The third-order valence-electron chi connectivity index (χ3n) is 4.63. The molecule has 2 heterocycles. The van der Waals surface area contributed by atoms with Gasteiger partial charge in [-0.05, 0) is 63.5 Å². The summed E-state index contributed by atoms with van der Waals surface area (Å²) in [5.41, 5.74) is 2.72. The molecule has 1 N–H and O–H groups in total. The van der Waals surface area contributed by atoms with E-state index in [0.717, 1.165) is 48.0 Å². The van der Waals surface area contributed by atoms with Gasteiger partial charge in [-0.2, -0.15) is 0 Å². The number of rotatable bonds is 2. The lowest BCUT2D eigenvalue weighted by molar-refractivity contribution is -0.121. The molecule has 1 amide bonds. The van der Waals surface area contributed by atoms with Gasteiger partial charge in [0.2, 0.25) is 5.91 Å². The molecule has 1 aromatic heterocycles. The van der Waals surface area contributed by atoms with Gasteiger partial charge in [0.25, 0.3) is 0 Å². The Morgan fingerprint density at radius 3 is 2.74 bits per heavy atom. The third-order valence-corrected chi connectivity index (χ3v) is 4.63. The Kier molecular flexibility index (Phi) is 4.22. The summed E-state index contributed by atoms with van der Waals surface area (Å²) in [5.74, 6) is 0.0321. The predicted octanol–water partition coefficient (Wildman–Crippen LogP) is 2.83. The molecule has 3 rings (SSSR count). The molecule has 23 heavy (non-hydrogen) atoms. The third kappa shape index (κ3) is 3.15. The monoisotopic (exact) mass is 314 g/mol. The van der Waals surface area contributed by atoms with Crippen molar-refractivity contribution >= 4 is 22.6 Å². The van der Waals surface area contributed by atoms with Gasteiger partial charge in [-0.15, -0.1) is 0 Å². The zero-order chi connectivity index (χ0) is 16.6. The Morgan fingerprint density at radius 1 is 1.22 bits per heavy atom. The van der Waals surface area contributed by atoms with Crippen LogP contribution in [0.4, 0.5) is 5.69 Å². The molecule has 5 heteroatoms. The van der Waals surface area contributed by atoms with Crippen LogP contribution in [0.2, 0.25) is 0 Å². The van der Waals surface area contributed by atoms with Crippen LogP contribution >= 0.6 is 0 Å². The van der Waals surface area contributed by atoms with Crippen LogP contribution in [-0.2, 0) is 4.79 Å². The number of hydrogen-bond acceptors (Lipinski definition) is 4. The maximum absolute atomic E-state index is 12.6. The molecule has 1 aliphatic heterocycles. The number of amides is 1. The molecular formula is C18H22N2O3. The van der Waals surface area contributed by atoms with E-state index >= 15 is 0 Å². The van der Waals surface area contributed by atoms with E-state index in [1.807, 2.05) is 33.0 Å². The zero-order valence-corrected chi connectivity index (χ0v) is 13.8. The molecule has 1 saturated heterocycles. The molecule has 0 aliphatic carbocycles. The fourth-order valence-corrected chi connectivity index (χ4v) is 3.22. The van der Waals surface area contributed by atoms with Crippen LogP contribution in [0.5, 0.6) is 0 Å². The van der Waals surface area contributed by atoms with Crippen molar-refractivity contribution in [3.05, 3.63) is 39.7 Å². The highest BCUT2D eigenvalue weighted by Gasteiger charge is 2.26. The van der Waals surface area contributed by atoms with Crippen molar-refractivity contribution in [2.45, 2.75) is 39.2 Å². The van der Waals surface area contributed by atoms with Gasteiger partial charge in [0.15, 0.2) is 0 Å². The lowest BCUT2D eigenvalue weighted by atomic mass is 10.0. The normalized spacial score (nSPS) is 19.0. The first-order valence-corrected chi connectivity index (χ1v) is 8.02. The van der Waals surface area contributed by atoms with Crippen molar-refractivity contribution in [3.63, 3.8) is 0 Å². The van der Waals surface area contributed by atoms with E-state index in [1.165, 1.54) is 6.07 Å². The fraction of sp³-hybridized carbons (Fsp3) is 0.444. The summed E-state index contributed by atoms with van der Waals surface area (Å²) in [4.78, 5) is 26.2. The van der Waals surface area contributed by atoms with Gasteiger partial charge in [-0.25, -0.2) is 4.79 Å². The van der Waals surface area contributed by atoms with E-state index in [9.17, 15) is 9.59 Å². The first-order chi connectivity index (χ1) is 11.0. The molecule has 0 bridgehead atoms. The molecule has 1 aromatic carbocycles. The number of aryl methyl sites for hydroxylation is 2. The Labute approximate surface area is 135 Å². The second-order valence-corrected chi connectivity index (χ2v) is 6.39. The van der Waals surface area contributed by atoms with Crippen molar-refractivity contribution in [2.75, 3.05) is 18.9 Å². The van der Waals surface area contributed by atoms with Crippen molar-refractivity contribution in [1.82, 2.24) is 4.90 Å². The number of anilines is 1. The van der Waals surface area contributed by atoms with Crippen LogP contribution in [0.15, 0.2) is 27.4 Å². The number of likely N-dealkylation sites (N-methyl/N-ethyl adjacent to an activating group) is 1. The second kappa shape index (κ2) is 6.16. The number of carbonyl (C=O) groups is 1. The van der Waals surface area contributed by atoms with Crippen LogP contribution in [0, 0.1) is 13.8 Å². The van der Waals surface area contributed by atoms with Gasteiger partial charge in [-0.1, -0.05) is 6.42 Å². The number of hydrogen-bond donors (Lipinski definition) is 1. The molecule has 0 saturated carbocycles. The highest BCUT2D eigenvalue weighted by Crippen LogP contribution is 2.26. The number of nitrogens with one attached hydrogen (secondary N) is 1. The molecular weight excluding hydrogens is 292 g/mol. The van der Waals surface area contributed by atoms with Crippen LogP contribution in [-0.4, -0.2) is 30.4 Å². The molecule has 5 nitrogen and oxygen atoms in total. The minimum absolute atomic E-state index is 0.0321.